The van der Waals surface area contributed by atoms with Gasteiger partial charge in [-0.25, -0.2) is 0 Å². The number of carbonyl (C=O) groups excluding carboxylic acids is 1. The largest absolute Gasteiger partial charge is 0.303 e. The maximum Gasteiger partial charge on any atom is 0.265 e. The Balaban J connectivity index is 2.07. The Morgan fingerprint density at radius 2 is 1.91 bits per heavy atom. The van der Waals surface area contributed by atoms with Crippen LogP contribution in [0.2, 0.25) is 0 Å². The molecule has 1 heterocycles. The van der Waals surface area contributed by atoms with Crippen molar-refractivity contribution >= 4 is 33.1 Å². The van der Waals surface area contributed by atoms with Gasteiger partial charge in [-0.05, 0) is 17.7 Å². The molecule has 0 atom stereocenters. The van der Waals surface area contributed by atoms with Crippen molar-refractivity contribution in [2.24, 2.45) is 0 Å². The molecule has 0 fully saturated rings. The molecule has 0 unspecified atom stereocenters. The SMILES string of the molecule is O=C1/C(=C/[N+](=O)[O-])c2ccc(Br)cc2N1Cc1ccccc1. The summed E-state index contributed by atoms with van der Waals surface area (Å²) in [4.78, 5) is 24.3. The second kappa shape index (κ2) is 5.73. The fourth-order valence-corrected chi connectivity index (χ4v) is 2.83. The Bertz CT molecular complexity index is 787. The first-order valence-electron chi connectivity index (χ1n) is 6.57. The zero-order valence-corrected chi connectivity index (χ0v) is 13.0. The van der Waals surface area contributed by atoms with Crippen LogP contribution in [0.3, 0.4) is 0 Å². The fourth-order valence-electron chi connectivity index (χ4n) is 2.48. The number of carbonyl (C=O) groups is 1. The van der Waals surface area contributed by atoms with Gasteiger partial charge in [0.15, 0.2) is 0 Å². The quantitative estimate of drug-likeness (QED) is 0.478. The van der Waals surface area contributed by atoms with Crippen LogP contribution in [0, 0.1) is 10.1 Å². The molecule has 0 bridgehead atoms. The maximum absolute atomic E-state index is 12.6. The van der Waals surface area contributed by atoms with Crippen LogP contribution >= 0.6 is 15.9 Å². The van der Waals surface area contributed by atoms with Crippen LogP contribution in [0.4, 0.5) is 5.69 Å². The molecule has 1 aliphatic rings. The fraction of sp³-hybridized carbons (Fsp3) is 0.0625. The lowest BCUT2D eigenvalue weighted by Crippen LogP contribution is -2.25. The van der Waals surface area contributed by atoms with Crippen molar-refractivity contribution in [3.8, 4) is 0 Å². The highest BCUT2D eigenvalue weighted by atomic mass is 79.9. The Morgan fingerprint density at radius 1 is 1.18 bits per heavy atom. The Hall–Kier alpha value is -2.47. The first-order chi connectivity index (χ1) is 10.6. The Morgan fingerprint density at radius 3 is 2.59 bits per heavy atom. The number of hydrogen-bond donors (Lipinski definition) is 0. The number of hydrogen-bond acceptors (Lipinski definition) is 3. The third-order valence-electron chi connectivity index (χ3n) is 3.43. The molecule has 0 saturated heterocycles. The zero-order valence-electron chi connectivity index (χ0n) is 11.4. The van der Waals surface area contributed by atoms with Gasteiger partial charge < -0.3 is 4.90 Å². The lowest BCUT2D eigenvalue weighted by atomic mass is 10.1. The molecule has 3 rings (SSSR count). The second-order valence-corrected chi connectivity index (χ2v) is 5.78. The highest BCUT2D eigenvalue weighted by Gasteiger charge is 2.34. The smallest absolute Gasteiger partial charge is 0.265 e. The van der Waals surface area contributed by atoms with Gasteiger partial charge in [0.05, 0.1) is 17.2 Å². The van der Waals surface area contributed by atoms with Crippen LogP contribution in [-0.2, 0) is 11.3 Å². The number of nitro groups is 1. The molecule has 1 aliphatic heterocycles. The van der Waals surface area contributed by atoms with E-state index in [1.165, 1.54) is 0 Å². The van der Waals surface area contributed by atoms with E-state index in [-0.39, 0.29) is 11.5 Å². The normalized spacial score (nSPS) is 15.2. The van der Waals surface area contributed by atoms with Crippen molar-refractivity contribution in [3.05, 3.63) is 80.4 Å². The van der Waals surface area contributed by atoms with Gasteiger partial charge in [-0.2, -0.15) is 0 Å². The van der Waals surface area contributed by atoms with Crippen molar-refractivity contribution < 1.29 is 9.72 Å². The van der Waals surface area contributed by atoms with Gasteiger partial charge in [0.1, 0.15) is 5.57 Å². The van der Waals surface area contributed by atoms with E-state index in [9.17, 15) is 14.9 Å². The van der Waals surface area contributed by atoms with E-state index in [2.05, 4.69) is 15.9 Å². The first-order valence-corrected chi connectivity index (χ1v) is 7.36. The van der Waals surface area contributed by atoms with Crippen molar-refractivity contribution in [2.75, 3.05) is 4.90 Å². The number of halogens is 1. The summed E-state index contributed by atoms with van der Waals surface area (Å²) in [5.41, 5.74) is 2.34. The van der Waals surface area contributed by atoms with Crippen molar-refractivity contribution in [2.45, 2.75) is 6.54 Å². The molecular formula is C16H11BrN2O3. The molecule has 0 N–H and O–H groups in total. The Labute approximate surface area is 135 Å². The van der Waals surface area contributed by atoms with Crippen molar-refractivity contribution in [3.63, 3.8) is 0 Å². The maximum atomic E-state index is 12.6. The molecule has 5 nitrogen and oxygen atoms in total. The minimum absolute atomic E-state index is 0.114. The lowest BCUT2D eigenvalue weighted by Gasteiger charge is -2.17. The summed E-state index contributed by atoms with van der Waals surface area (Å²) in [7, 11) is 0. The molecule has 22 heavy (non-hydrogen) atoms. The molecule has 1 amide bonds. The molecule has 0 spiro atoms. The standard InChI is InChI=1S/C16H11BrN2O3/c17-12-6-7-13-14(10-19(21)22)16(20)18(15(13)8-12)9-11-4-2-1-3-5-11/h1-8,10H,9H2/b14-10+. The second-order valence-electron chi connectivity index (χ2n) is 4.87. The summed E-state index contributed by atoms with van der Waals surface area (Å²) in [5, 5.41) is 10.8. The van der Waals surface area contributed by atoms with Crippen LogP contribution in [0.5, 0.6) is 0 Å². The van der Waals surface area contributed by atoms with Gasteiger partial charge in [-0.15, -0.1) is 0 Å². The highest BCUT2D eigenvalue weighted by molar-refractivity contribution is 9.10. The van der Waals surface area contributed by atoms with Gasteiger partial charge in [-0.3, -0.25) is 14.9 Å². The minimum Gasteiger partial charge on any atom is -0.303 e. The van der Waals surface area contributed by atoms with Gasteiger partial charge in [0, 0.05) is 10.0 Å². The van der Waals surface area contributed by atoms with E-state index in [0.29, 0.717) is 17.8 Å². The highest BCUT2D eigenvalue weighted by Crippen LogP contribution is 2.39. The molecular weight excluding hydrogens is 348 g/mol. The third-order valence-corrected chi connectivity index (χ3v) is 3.93. The van der Waals surface area contributed by atoms with Gasteiger partial charge in [0.2, 0.25) is 6.20 Å². The van der Waals surface area contributed by atoms with E-state index in [1.807, 2.05) is 30.3 Å². The van der Waals surface area contributed by atoms with E-state index in [4.69, 9.17) is 0 Å². The average Bonchev–Trinajstić information content (AvgIpc) is 2.73. The molecule has 0 aliphatic carbocycles. The molecule has 110 valence electrons. The minimum atomic E-state index is -0.592. The van der Waals surface area contributed by atoms with E-state index >= 15 is 0 Å². The summed E-state index contributed by atoms with van der Waals surface area (Å²) in [6, 6.07) is 14.8. The van der Waals surface area contributed by atoms with Crippen LogP contribution in [0.1, 0.15) is 11.1 Å². The number of amides is 1. The zero-order chi connectivity index (χ0) is 15.7. The molecule has 6 heteroatoms. The summed E-state index contributed by atoms with van der Waals surface area (Å²) in [5.74, 6) is -0.353. The Kier molecular flexibility index (Phi) is 3.77. The topological polar surface area (TPSA) is 63.4 Å². The number of benzene rings is 2. The van der Waals surface area contributed by atoms with E-state index in [0.717, 1.165) is 16.2 Å². The number of nitrogens with zero attached hydrogens (tertiary/aromatic N) is 2. The van der Waals surface area contributed by atoms with Crippen LogP contribution < -0.4 is 4.90 Å². The average molecular weight is 359 g/mol. The lowest BCUT2D eigenvalue weighted by molar-refractivity contribution is -0.401. The molecule has 2 aromatic rings. The van der Waals surface area contributed by atoms with Gasteiger partial charge >= 0.3 is 0 Å². The van der Waals surface area contributed by atoms with Crippen molar-refractivity contribution in [1.82, 2.24) is 0 Å². The number of rotatable bonds is 3. The van der Waals surface area contributed by atoms with E-state index in [1.54, 1.807) is 23.1 Å². The summed E-state index contributed by atoms with van der Waals surface area (Å²) < 4.78 is 0.819. The third kappa shape index (κ3) is 2.65. The molecule has 2 aromatic carbocycles. The van der Waals surface area contributed by atoms with Gasteiger partial charge in [0.25, 0.3) is 5.91 Å². The summed E-state index contributed by atoms with van der Waals surface area (Å²) in [6.07, 6.45) is 0.778. The number of fused-ring (bicyclic) bond motifs is 1. The van der Waals surface area contributed by atoms with Crippen LogP contribution in [-0.4, -0.2) is 10.8 Å². The predicted molar refractivity (Wildman–Crippen MR) is 86.7 cm³/mol. The molecule has 0 radical (unpaired) electrons. The monoisotopic (exact) mass is 358 g/mol. The van der Waals surface area contributed by atoms with Crippen molar-refractivity contribution in [1.29, 1.82) is 0 Å². The van der Waals surface area contributed by atoms with E-state index < -0.39 is 4.92 Å². The van der Waals surface area contributed by atoms with Crippen LogP contribution in [0.15, 0.2) is 59.2 Å². The molecule has 0 aromatic heterocycles. The number of anilines is 1. The summed E-state index contributed by atoms with van der Waals surface area (Å²) in [6.45, 7) is 0.373. The molecule has 0 saturated carbocycles. The van der Waals surface area contributed by atoms with Crippen LogP contribution in [0.25, 0.3) is 5.57 Å². The first kappa shape index (κ1) is 14.5. The predicted octanol–water partition coefficient (Wildman–Crippen LogP) is 3.61. The summed E-state index contributed by atoms with van der Waals surface area (Å²) >= 11 is 3.38. The van der Waals surface area contributed by atoms with Gasteiger partial charge in [-0.1, -0.05) is 52.3 Å².